The van der Waals surface area contributed by atoms with E-state index < -0.39 is 0 Å². The molecule has 0 N–H and O–H groups in total. The van der Waals surface area contributed by atoms with Gasteiger partial charge in [0.15, 0.2) is 0 Å². The Kier molecular flexibility index (Phi) is 19.9. The van der Waals surface area contributed by atoms with Gasteiger partial charge in [0, 0.05) is 17.4 Å². The molecule has 0 heterocycles. The fourth-order valence-corrected chi connectivity index (χ4v) is 0. The Labute approximate surface area is 71.2 Å². The van der Waals surface area contributed by atoms with Gasteiger partial charge in [-0.05, 0) is 0 Å². The van der Waals surface area contributed by atoms with Crippen molar-refractivity contribution in [1.29, 1.82) is 0 Å². The maximum atomic E-state index is 2.08. The van der Waals surface area contributed by atoms with Crippen LogP contribution in [0.15, 0.2) is 0 Å². The minimum Gasteiger partial charge on any atom is 0 e. The van der Waals surface area contributed by atoms with Gasteiger partial charge in [0.2, 0.25) is 0 Å². The monoisotopic (exact) mass is 166 g/mol. The molecule has 54 valence electrons. The van der Waals surface area contributed by atoms with Gasteiger partial charge in [0.1, 0.15) is 0 Å². The summed E-state index contributed by atoms with van der Waals surface area (Å²) in [5, 5.41) is 0. The fourth-order valence-electron chi connectivity index (χ4n) is 0. The molecule has 9 heavy (non-hydrogen) atoms. The molecule has 0 aliphatic carbocycles. The van der Waals surface area contributed by atoms with Gasteiger partial charge in [0.05, 0.1) is 53.4 Å². The van der Waals surface area contributed by atoms with E-state index in [1.54, 1.807) is 0 Å². The van der Waals surface area contributed by atoms with Crippen LogP contribution in [0, 0.1) is 11.8 Å². The third-order valence-electron chi connectivity index (χ3n) is 0. The summed E-state index contributed by atoms with van der Waals surface area (Å²) in [5.41, 5.74) is 0. The van der Waals surface area contributed by atoms with Gasteiger partial charge < -0.3 is 0 Å². The first-order valence-corrected chi connectivity index (χ1v) is 3.00. The minimum atomic E-state index is 0. The maximum absolute atomic E-state index is 2.08. The smallest absolute Gasteiger partial charge is 0 e. The van der Waals surface area contributed by atoms with Crippen LogP contribution in [-0.4, -0.2) is 0 Å². The topological polar surface area (TPSA) is 0 Å². The van der Waals surface area contributed by atoms with Crippen LogP contribution in [0.1, 0.15) is 41.5 Å². The molecule has 0 fully saturated rings. The summed E-state index contributed by atoms with van der Waals surface area (Å²) < 4.78 is 0. The van der Waals surface area contributed by atoms with Crippen LogP contribution in [0.4, 0.5) is 0 Å². The van der Waals surface area contributed by atoms with Crippen molar-refractivity contribution in [1.82, 2.24) is 0 Å². The normalized spacial score (nSPS) is 6.00. The first-order chi connectivity index (χ1) is 3.46. The molecule has 0 radical (unpaired) electrons. The van der Waals surface area contributed by atoms with Crippen molar-refractivity contribution < 1.29 is 17.4 Å². The van der Waals surface area contributed by atoms with Crippen molar-refractivity contribution in [3.8, 4) is 0 Å². The van der Waals surface area contributed by atoms with E-state index in [4.69, 9.17) is 0 Å². The van der Waals surface area contributed by atoms with Gasteiger partial charge in [0.25, 0.3) is 0 Å². The zero-order chi connectivity index (χ0) is 7.15. The van der Waals surface area contributed by atoms with Crippen LogP contribution >= 0.6 is 0 Å². The van der Waals surface area contributed by atoms with E-state index in [-0.39, 0.29) is 17.4 Å². The van der Waals surface area contributed by atoms with Crippen molar-refractivity contribution in [2.24, 2.45) is 0 Å². The van der Waals surface area contributed by atoms with Gasteiger partial charge in [-0.25, -0.2) is 0 Å². The minimum absolute atomic E-state index is 0. The number of rotatable bonds is 0. The summed E-state index contributed by atoms with van der Waals surface area (Å²) in [4.78, 5) is 0. The zero-order valence-electron chi connectivity index (χ0n) is 7.41. The summed E-state index contributed by atoms with van der Waals surface area (Å²) in [6, 6.07) is 0. The van der Waals surface area contributed by atoms with Gasteiger partial charge in [-0.2, -0.15) is 0 Å². The van der Waals surface area contributed by atoms with E-state index in [1.807, 2.05) is 0 Å². The average molecular weight is 166 g/mol. The molecule has 0 aromatic heterocycles. The molecule has 0 bridgehead atoms. The van der Waals surface area contributed by atoms with Crippen molar-refractivity contribution in [3.05, 3.63) is 11.8 Å². The van der Waals surface area contributed by atoms with E-state index >= 15 is 0 Å². The molecule has 0 saturated heterocycles. The van der Waals surface area contributed by atoms with E-state index in [9.17, 15) is 0 Å². The molecule has 0 aliphatic rings. The Hall–Kier alpha value is 0.272. The average Bonchev–Trinajstić information content (AvgIpc) is 1.25. The SMILES string of the molecule is C[C+](C)C.C[C+](C)C.[Cr]. The Balaban J connectivity index is -0.0000000720. The van der Waals surface area contributed by atoms with Gasteiger partial charge in [-0.15, -0.1) is 0 Å². The predicted molar refractivity (Wildman–Crippen MR) is 40.5 cm³/mol. The van der Waals surface area contributed by atoms with Gasteiger partial charge >= 0.3 is 0 Å². The van der Waals surface area contributed by atoms with Crippen molar-refractivity contribution >= 4 is 0 Å². The summed E-state index contributed by atoms with van der Waals surface area (Å²) in [6.07, 6.45) is 0. The Morgan fingerprint density at radius 1 is 0.556 bits per heavy atom. The molecule has 0 aliphatic heterocycles. The third kappa shape index (κ3) is 4380. The molecule has 0 aromatic rings. The number of hydrogen-bond donors (Lipinski definition) is 0. The Morgan fingerprint density at radius 3 is 0.556 bits per heavy atom. The Bertz CT molecular complexity index is 20.0. The maximum Gasteiger partial charge on any atom is 0.0813 e. The van der Waals surface area contributed by atoms with Crippen LogP contribution in [0.25, 0.3) is 0 Å². The summed E-state index contributed by atoms with van der Waals surface area (Å²) in [5.74, 6) is 2.83. The van der Waals surface area contributed by atoms with Gasteiger partial charge in [-0.3, -0.25) is 0 Å². The van der Waals surface area contributed by atoms with Crippen molar-refractivity contribution in [2.45, 2.75) is 41.5 Å². The van der Waals surface area contributed by atoms with Crippen molar-refractivity contribution in [3.63, 3.8) is 0 Å². The number of hydrogen-bond acceptors (Lipinski definition) is 0. The van der Waals surface area contributed by atoms with E-state index in [1.165, 1.54) is 11.8 Å². The standard InChI is InChI=1S/2C4H9.Cr/c2*1-4(2)3;/h2*1-3H3;/q2*+1;. The zero-order valence-corrected chi connectivity index (χ0v) is 8.68. The quantitative estimate of drug-likeness (QED) is 0.485. The van der Waals surface area contributed by atoms with Crippen LogP contribution in [0.3, 0.4) is 0 Å². The van der Waals surface area contributed by atoms with Crippen LogP contribution in [0.5, 0.6) is 0 Å². The second-order valence-electron chi connectivity index (χ2n) is 3.00. The molecule has 0 saturated carbocycles. The molecular weight excluding hydrogens is 148 g/mol. The summed E-state index contributed by atoms with van der Waals surface area (Å²) in [7, 11) is 0. The third-order valence-corrected chi connectivity index (χ3v) is 0. The van der Waals surface area contributed by atoms with Crippen LogP contribution in [-0.2, 0) is 17.4 Å². The van der Waals surface area contributed by atoms with E-state index in [2.05, 4.69) is 41.5 Å². The second kappa shape index (κ2) is 11.1. The molecule has 0 unspecified atom stereocenters. The largest absolute Gasteiger partial charge is 0.0813 e. The molecule has 0 spiro atoms. The molecular formula is C8H18Cr+2. The fraction of sp³-hybridized carbons (Fsp3) is 0.750. The Morgan fingerprint density at radius 2 is 0.556 bits per heavy atom. The second-order valence-corrected chi connectivity index (χ2v) is 3.00. The van der Waals surface area contributed by atoms with Crippen LogP contribution < -0.4 is 0 Å². The molecule has 0 amide bonds. The molecule has 0 aromatic carbocycles. The van der Waals surface area contributed by atoms with Crippen LogP contribution in [0.2, 0.25) is 0 Å². The molecule has 0 nitrogen and oxygen atoms in total. The molecule has 1 heteroatoms. The summed E-state index contributed by atoms with van der Waals surface area (Å²) in [6.45, 7) is 12.5. The molecule has 0 rings (SSSR count). The summed E-state index contributed by atoms with van der Waals surface area (Å²) >= 11 is 0. The van der Waals surface area contributed by atoms with Gasteiger partial charge in [-0.1, -0.05) is 0 Å². The first-order valence-electron chi connectivity index (χ1n) is 3.00. The first kappa shape index (κ1) is 16.1. The van der Waals surface area contributed by atoms with E-state index in [0.717, 1.165) is 0 Å². The predicted octanol–water partition coefficient (Wildman–Crippen LogP) is 3.24. The molecule has 0 atom stereocenters. The van der Waals surface area contributed by atoms with Crippen molar-refractivity contribution in [2.75, 3.05) is 0 Å². The van der Waals surface area contributed by atoms with E-state index in [0.29, 0.717) is 0 Å².